The first-order valence-corrected chi connectivity index (χ1v) is 9.84. The minimum atomic E-state index is -3.53. The Hall–Kier alpha value is -1.45. The van der Waals surface area contributed by atoms with Gasteiger partial charge in [-0.25, -0.2) is 13.1 Å². The van der Waals surface area contributed by atoms with Crippen LogP contribution >= 0.6 is 0 Å². The van der Waals surface area contributed by atoms with Crippen molar-refractivity contribution in [1.82, 2.24) is 14.5 Å². The van der Waals surface area contributed by atoms with Crippen LogP contribution in [0.2, 0.25) is 0 Å². The molecule has 1 aromatic rings. The lowest BCUT2D eigenvalue weighted by atomic mass is 10.1. The number of rotatable bonds is 4. The molecule has 134 valence electrons. The smallest absolute Gasteiger partial charge is 0.246 e. The van der Waals surface area contributed by atoms with Crippen molar-refractivity contribution in [1.29, 1.82) is 0 Å². The molecule has 0 bridgehead atoms. The predicted molar refractivity (Wildman–Crippen MR) is 89.2 cm³/mol. The van der Waals surface area contributed by atoms with Gasteiger partial charge in [-0.3, -0.25) is 14.4 Å². The van der Waals surface area contributed by atoms with Crippen LogP contribution < -0.4 is 9.62 Å². The summed E-state index contributed by atoms with van der Waals surface area (Å²) in [5.74, 6) is 0.493. The lowest BCUT2D eigenvalue weighted by molar-refractivity contribution is -0.121. The number of nitrogens with zero attached hydrogens (tertiary/aromatic N) is 3. The fourth-order valence-corrected chi connectivity index (χ4v) is 4.96. The summed E-state index contributed by atoms with van der Waals surface area (Å²) < 4.78 is 34.6. The summed E-state index contributed by atoms with van der Waals surface area (Å²) in [4.78, 5) is 14.4. The average molecular weight is 356 g/mol. The van der Waals surface area contributed by atoms with Gasteiger partial charge >= 0.3 is 0 Å². The molecule has 1 amide bonds. The van der Waals surface area contributed by atoms with Crippen LogP contribution in [0.3, 0.4) is 0 Å². The molecule has 9 heteroatoms. The molecule has 0 aromatic carbocycles. The highest BCUT2D eigenvalue weighted by Crippen LogP contribution is 2.23. The number of anilines is 1. The molecule has 2 fully saturated rings. The van der Waals surface area contributed by atoms with Crippen molar-refractivity contribution < 1.29 is 17.9 Å². The lowest BCUT2D eigenvalue weighted by Gasteiger charge is -2.33. The summed E-state index contributed by atoms with van der Waals surface area (Å²) >= 11 is 0. The molecule has 1 atom stereocenters. The Balaban J connectivity index is 1.74. The zero-order valence-electron chi connectivity index (χ0n) is 14.1. The number of aryl methyl sites for hydroxylation is 2. The third-order valence-corrected chi connectivity index (χ3v) is 6.57. The first-order chi connectivity index (χ1) is 11.4. The summed E-state index contributed by atoms with van der Waals surface area (Å²) in [6, 6.07) is 1.13. The summed E-state index contributed by atoms with van der Waals surface area (Å²) in [6.07, 6.45) is 2.22. The summed E-state index contributed by atoms with van der Waals surface area (Å²) in [6.45, 7) is 3.34. The molecular weight excluding hydrogens is 332 g/mol. The van der Waals surface area contributed by atoms with Crippen molar-refractivity contribution in [3.63, 3.8) is 0 Å². The maximum atomic E-state index is 12.8. The first-order valence-electron chi connectivity index (χ1n) is 8.29. The lowest BCUT2D eigenvalue weighted by Crippen LogP contribution is -2.54. The third kappa shape index (κ3) is 3.47. The molecule has 0 saturated carbocycles. The molecule has 0 radical (unpaired) electrons. The van der Waals surface area contributed by atoms with Crippen molar-refractivity contribution in [2.24, 2.45) is 7.05 Å². The molecule has 2 aliphatic rings. The van der Waals surface area contributed by atoms with Gasteiger partial charge < -0.3 is 4.74 Å². The van der Waals surface area contributed by atoms with E-state index in [1.165, 1.54) is 0 Å². The highest BCUT2D eigenvalue weighted by atomic mass is 32.2. The van der Waals surface area contributed by atoms with E-state index in [4.69, 9.17) is 4.74 Å². The minimum Gasteiger partial charge on any atom is -0.381 e. The summed E-state index contributed by atoms with van der Waals surface area (Å²) in [5.41, 5.74) is 0.824. The molecule has 3 heterocycles. The topological polar surface area (TPSA) is 93.5 Å². The second-order valence-corrected chi connectivity index (χ2v) is 8.42. The van der Waals surface area contributed by atoms with E-state index in [1.807, 2.05) is 13.0 Å². The molecule has 3 rings (SSSR count). The highest BCUT2D eigenvalue weighted by Gasteiger charge is 2.36. The predicted octanol–water partition coefficient (Wildman–Crippen LogP) is 0.322. The molecule has 2 aliphatic heterocycles. The second-order valence-electron chi connectivity index (χ2n) is 6.43. The summed E-state index contributed by atoms with van der Waals surface area (Å²) in [7, 11) is -1.74. The van der Waals surface area contributed by atoms with Gasteiger partial charge in [-0.2, -0.15) is 5.10 Å². The first kappa shape index (κ1) is 17.4. The Bertz CT molecular complexity index is 709. The summed E-state index contributed by atoms with van der Waals surface area (Å²) in [5, 5.41) is 3.79. The van der Waals surface area contributed by atoms with E-state index in [9.17, 15) is 13.2 Å². The maximum Gasteiger partial charge on any atom is 0.246 e. The van der Waals surface area contributed by atoms with Crippen molar-refractivity contribution in [3.05, 3.63) is 11.8 Å². The van der Waals surface area contributed by atoms with Crippen LogP contribution in [0.15, 0.2) is 6.07 Å². The van der Waals surface area contributed by atoms with Crippen molar-refractivity contribution in [2.45, 2.75) is 43.9 Å². The number of aromatic nitrogens is 2. The van der Waals surface area contributed by atoms with Gasteiger partial charge in [0.05, 0.1) is 10.9 Å². The minimum absolute atomic E-state index is 0.208. The number of piperidine rings is 1. The molecule has 1 N–H and O–H groups in total. The third-order valence-electron chi connectivity index (χ3n) is 4.61. The van der Waals surface area contributed by atoms with Crippen LogP contribution in [0.5, 0.6) is 0 Å². The molecule has 0 spiro atoms. The van der Waals surface area contributed by atoms with E-state index in [0.717, 1.165) is 12.1 Å². The number of ether oxygens (including phenoxy) is 1. The van der Waals surface area contributed by atoms with Crippen LogP contribution in [0, 0.1) is 6.92 Å². The molecular formula is C15H24N4O4S. The SMILES string of the molecule is Cc1cc(N2CCC[C@@H](NS(=O)(=O)C3CCOCC3)C2=O)n(C)n1. The van der Waals surface area contributed by atoms with Crippen LogP contribution in [0.1, 0.15) is 31.4 Å². The molecule has 0 aliphatic carbocycles. The average Bonchev–Trinajstić information content (AvgIpc) is 2.88. The van der Waals surface area contributed by atoms with Crippen molar-refractivity contribution >= 4 is 21.7 Å². The fourth-order valence-electron chi connectivity index (χ4n) is 3.34. The number of sulfonamides is 1. The Morgan fingerprint density at radius 2 is 2.00 bits per heavy atom. The van der Waals surface area contributed by atoms with Gasteiger partial charge in [0.2, 0.25) is 15.9 Å². The standard InChI is InChI=1S/C15H24N4O4S/c1-11-10-14(18(2)16-11)19-7-3-4-13(15(19)20)17-24(21,22)12-5-8-23-9-6-12/h10,12-13,17H,3-9H2,1-2H3/t13-/m1/s1. The molecule has 1 aromatic heterocycles. The number of nitrogens with one attached hydrogen (secondary N) is 1. The van der Waals surface area contributed by atoms with E-state index < -0.39 is 21.3 Å². The quantitative estimate of drug-likeness (QED) is 0.839. The van der Waals surface area contributed by atoms with Crippen LogP contribution in [0.4, 0.5) is 5.82 Å². The van der Waals surface area contributed by atoms with Gasteiger partial charge in [0.15, 0.2) is 0 Å². The van der Waals surface area contributed by atoms with E-state index in [1.54, 1.807) is 16.6 Å². The van der Waals surface area contributed by atoms with E-state index in [2.05, 4.69) is 9.82 Å². The monoisotopic (exact) mass is 356 g/mol. The van der Waals surface area contributed by atoms with E-state index in [0.29, 0.717) is 44.8 Å². The highest BCUT2D eigenvalue weighted by molar-refractivity contribution is 7.90. The van der Waals surface area contributed by atoms with Crippen molar-refractivity contribution in [3.8, 4) is 0 Å². The Kier molecular flexibility index (Phi) is 4.93. The Morgan fingerprint density at radius 3 is 2.62 bits per heavy atom. The number of hydrogen-bond acceptors (Lipinski definition) is 5. The van der Waals surface area contributed by atoms with Gasteiger partial charge in [0.25, 0.3) is 0 Å². The fraction of sp³-hybridized carbons (Fsp3) is 0.733. The van der Waals surface area contributed by atoms with Gasteiger partial charge in [0.1, 0.15) is 11.9 Å². The van der Waals surface area contributed by atoms with Gasteiger partial charge in [-0.05, 0) is 32.6 Å². The number of amides is 1. The van der Waals surface area contributed by atoms with E-state index in [-0.39, 0.29) is 5.91 Å². The largest absolute Gasteiger partial charge is 0.381 e. The van der Waals surface area contributed by atoms with Gasteiger partial charge in [0, 0.05) is 32.9 Å². The number of carbonyl (C=O) groups is 1. The molecule has 2 saturated heterocycles. The van der Waals surface area contributed by atoms with Gasteiger partial charge in [-0.15, -0.1) is 0 Å². The molecule has 0 unspecified atom stereocenters. The van der Waals surface area contributed by atoms with Crippen LogP contribution in [-0.4, -0.2) is 55.2 Å². The second kappa shape index (κ2) is 6.81. The van der Waals surface area contributed by atoms with Crippen LogP contribution in [-0.2, 0) is 26.6 Å². The Labute approximate surface area is 142 Å². The zero-order chi connectivity index (χ0) is 17.3. The van der Waals surface area contributed by atoms with Crippen molar-refractivity contribution in [2.75, 3.05) is 24.7 Å². The normalized spacial score (nSPS) is 23.7. The number of carbonyl (C=O) groups excluding carboxylic acids is 1. The van der Waals surface area contributed by atoms with Crippen LogP contribution in [0.25, 0.3) is 0 Å². The molecule has 8 nitrogen and oxygen atoms in total. The van der Waals surface area contributed by atoms with Gasteiger partial charge in [-0.1, -0.05) is 0 Å². The Morgan fingerprint density at radius 1 is 1.29 bits per heavy atom. The number of hydrogen-bond donors (Lipinski definition) is 1. The maximum absolute atomic E-state index is 12.8. The molecule has 24 heavy (non-hydrogen) atoms. The zero-order valence-corrected chi connectivity index (χ0v) is 14.9. The van der Waals surface area contributed by atoms with E-state index >= 15 is 0 Å².